The van der Waals surface area contributed by atoms with Gasteiger partial charge in [-0.2, -0.15) is 0 Å². The molecule has 0 aliphatic carbocycles. The minimum Gasteiger partial charge on any atom is -0.490 e. The van der Waals surface area contributed by atoms with Crippen LogP contribution in [-0.2, 0) is 11.3 Å². The highest BCUT2D eigenvalue weighted by Gasteiger charge is 2.21. The number of aromatic nitrogens is 1. The van der Waals surface area contributed by atoms with Gasteiger partial charge in [0.25, 0.3) is 0 Å². The van der Waals surface area contributed by atoms with Gasteiger partial charge in [-0.05, 0) is 38.5 Å². The summed E-state index contributed by atoms with van der Waals surface area (Å²) in [7, 11) is 0. The van der Waals surface area contributed by atoms with Crippen LogP contribution in [0.2, 0.25) is 0 Å². The van der Waals surface area contributed by atoms with Crippen molar-refractivity contribution in [2.45, 2.75) is 39.3 Å². The van der Waals surface area contributed by atoms with E-state index in [1.54, 1.807) is 26.1 Å². The summed E-state index contributed by atoms with van der Waals surface area (Å²) in [5.41, 5.74) is 5.61. The highest BCUT2D eigenvalue weighted by Crippen LogP contribution is 2.31. The van der Waals surface area contributed by atoms with Crippen LogP contribution < -0.4 is 20.5 Å². The van der Waals surface area contributed by atoms with E-state index in [1.807, 2.05) is 37.3 Å². The summed E-state index contributed by atoms with van der Waals surface area (Å²) >= 11 is 0. The first-order valence-electron chi connectivity index (χ1n) is 8.32. The molecule has 0 bridgehead atoms. The third-order valence-electron chi connectivity index (χ3n) is 3.39. The van der Waals surface area contributed by atoms with Crippen LogP contribution in [-0.4, -0.2) is 23.0 Å². The first kappa shape index (κ1) is 18.7. The number of nitrogens with one attached hydrogen (secondary N) is 1. The molecule has 0 aliphatic rings. The maximum Gasteiger partial charge on any atom is 0.239 e. The number of hydrogen-bond acceptors (Lipinski definition) is 5. The van der Waals surface area contributed by atoms with E-state index in [0.29, 0.717) is 24.0 Å². The molecule has 25 heavy (non-hydrogen) atoms. The van der Waals surface area contributed by atoms with Crippen molar-refractivity contribution in [2.24, 2.45) is 5.73 Å². The van der Waals surface area contributed by atoms with E-state index < -0.39 is 5.54 Å². The van der Waals surface area contributed by atoms with Crippen LogP contribution in [0, 0.1) is 0 Å². The number of carbonyl (C=O) groups excluding carboxylic acids is 1. The predicted molar refractivity (Wildman–Crippen MR) is 96.7 cm³/mol. The zero-order chi connectivity index (χ0) is 18.3. The monoisotopic (exact) mass is 343 g/mol. The standard InChI is InChI=1S/C19H25N3O3/c1-4-12-24-15-9-5-6-10-16(15)25-17-14(8-7-11-21-17)13-22-18(23)19(2,3)20/h5-11H,4,12-13,20H2,1-3H3,(H,22,23). The van der Waals surface area contributed by atoms with Gasteiger partial charge in [0.1, 0.15) is 0 Å². The molecule has 2 aromatic rings. The van der Waals surface area contributed by atoms with E-state index in [-0.39, 0.29) is 12.5 Å². The molecule has 0 radical (unpaired) electrons. The third-order valence-corrected chi connectivity index (χ3v) is 3.39. The largest absolute Gasteiger partial charge is 0.490 e. The van der Waals surface area contributed by atoms with Gasteiger partial charge >= 0.3 is 0 Å². The molecule has 0 fully saturated rings. The lowest BCUT2D eigenvalue weighted by atomic mass is 10.1. The molecule has 1 heterocycles. The van der Waals surface area contributed by atoms with Gasteiger partial charge in [0.05, 0.1) is 12.1 Å². The Kier molecular flexibility index (Phi) is 6.36. The Morgan fingerprint density at radius 3 is 2.60 bits per heavy atom. The molecule has 1 aromatic carbocycles. The summed E-state index contributed by atoms with van der Waals surface area (Å²) in [5.74, 6) is 1.42. The van der Waals surface area contributed by atoms with Gasteiger partial charge in [-0.25, -0.2) is 4.98 Å². The van der Waals surface area contributed by atoms with Gasteiger partial charge in [0.2, 0.25) is 11.8 Å². The summed E-state index contributed by atoms with van der Waals surface area (Å²) in [6, 6.07) is 11.1. The molecule has 1 amide bonds. The Balaban J connectivity index is 2.15. The number of para-hydroxylation sites is 2. The first-order chi connectivity index (χ1) is 11.9. The molecule has 3 N–H and O–H groups in total. The van der Waals surface area contributed by atoms with E-state index in [1.165, 1.54) is 0 Å². The number of amides is 1. The lowest BCUT2D eigenvalue weighted by Crippen LogP contribution is -2.48. The van der Waals surface area contributed by atoms with Crippen LogP contribution in [0.5, 0.6) is 17.4 Å². The van der Waals surface area contributed by atoms with Gasteiger partial charge in [-0.3, -0.25) is 4.79 Å². The Morgan fingerprint density at radius 2 is 1.92 bits per heavy atom. The van der Waals surface area contributed by atoms with Crippen molar-refractivity contribution in [3.63, 3.8) is 0 Å². The van der Waals surface area contributed by atoms with Gasteiger partial charge < -0.3 is 20.5 Å². The van der Waals surface area contributed by atoms with E-state index in [2.05, 4.69) is 10.3 Å². The van der Waals surface area contributed by atoms with E-state index in [9.17, 15) is 4.79 Å². The zero-order valence-corrected chi connectivity index (χ0v) is 14.9. The topological polar surface area (TPSA) is 86.5 Å². The van der Waals surface area contributed by atoms with E-state index in [4.69, 9.17) is 15.2 Å². The summed E-state index contributed by atoms with van der Waals surface area (Å²) < 4.78 is 11.6. The summed E-state index contributed by atoms with van der Waals surface area (Å²) in [6.07, 6.45) is 2.55. The minimum atomic E-state index is -0.941. The zero-order valence-electron chi connectivity index (χ0n) is 14.9. The Bertz CT molecular complexity index is 711. The number of hydrogen-bond donors (Lipinski definition) is 2. The maximum atomic E-state index is 12.0. The third kappa shape index (κ3) is 5.46. The number of carbonyl (C=O) groups is 1. The summed E-state index contributed by atoms with van der Waals surface area (Å²) in [4.78, 5) is 16.2. The number of nitrogens with zero attached hydrogens (tertiary/aromatic N) is 1. The number of pyridine rings is 1. The quantitative estimate of drug-likeness (QED) is 0.769. The Hall–Kier alpha value is -2.60. The average Bonchev–Trinajstić information content (AvgIpc) is 2.59. The smallest absolute Gasteiger partial charge is 0.239 e. The Labute approximate surface area is 148 Å². The fourth-order valence-electron chi connectivity index (χ4n) is 2.02. The summed E-state index contributed by atoms with van der Waals surface area (Å²) in [6.45, 7) is 6.24. The number of ether oxygens (including phenoxy) is 2. The highest BCUT2D eigenvalue weighted by molar-refractivity contribution is 5.85. The van der Waals surface area contributed by atoms with Crippen LogP contribution in [0.25, 0.3) is 0 Å². The fraction of sp³-hybridized carbons (Fsp3) is 0.368. The number of rotatable bonds is 8. The second-order valence-electron chi connectivity index (χ2n) is 6.27. The minimum absolute atomic E-state index is 0.242. The molecule has 0 unspecified atom stereocenters. The molecule has 0 atom stereocenters. The van der Waals surface area contributed by atoms with Crippen molar-refractivity contribution in [1.82, 2.24) is 10.3 Å². The molecule has 0 saturated heterocycles. The number of nitrogens with two attached hydrogens (primary N) is 1. The van der Waals surface area contributed by atoms with Crippen molar-refractivity contribution in [3.8, 4) is 17.4 Å². The second-order valence-corrected chi connectivity index (χ2v) is 6.27. The predicted octanol–water partition coefficient (Wildman–Crippen LogP) is 3.02. The lowest BCUT2D eigenvalue weighted by molar-refractivity contribution is -0.125. The molecule has 1 aromatic heterocycles. The van der Waals surface area contributed by atoms with Gasteiger partial charge in [0.15, 0.2) is 11.5 Å². The molecule has 134 valence electrons. The van der Waals surface area contributed by atoms with E-state index in [0.717, 1.165) is 12.0 Å². The average molecular weight is 343 g/mol. The SMILES string of the molecule is CCCOc1ccccc1Oc1ncccc1CNC(=O)C(C)(C)N. The molecule has 0 aliphatic heterocycles. The normalized spacial score (nSPS) is 11.0. The molecule has 6 nitrogen and oxygen atoms in total. The lowest BCUT2D eigenvalue weighted by Gasteiger charge is -2.18. The molecule has 0 spiro atoms. The first-order valence-corrected chi connectivity index (χ1v) is 8.32. The van der Waals surface area contributed by atoms with E-state index >= 15 is 0 Å². The van der Waals surface area contributed by atoms with Gasteiger partial charge in [0, 0.05) is 18.3 Å². The maximum absolute atomic E-state index is 12.0. The molecular weight excluding hydrogens is 318 g/mol. The van der Waals surface area contributed by atoms with Crippen LogP contribution in [0.15, 0.2) is 42.6 Å². The van der Waals surface area contributed by atoms with Gasteiger partial charge in [-0.1, -0.05) is 25.1 Å². The molecule has 2 rings (SSSR count). The molecule has 6 heteroatoms. The molecular formula is C19H25N3O3. The van der Waals surface area contributed by atoms with Crippen LogP contribution >= 0.6 is 0 Å². The van der Waals surface area contributed by atoms with Crippen molar-refractivity contribution in [2.75, 3.05) is 6.61 Å². The Morgan fingerprint density at radius 1 is 1.20 bits per heavy atom. The summed E-state index contributed by atoms with van der Waals surface area (Å²) in [5, 5.41) is 2.80. The van der Waals surface area contributed by atoms with Crippen LogP contribution in [0.1, 0.15) is 32.8 Å². The van der Waals surface area contributed by atoms with Crippen molar-refractivity contribution < 1.29 is 14.3 Å². The van der Waals surface area contributed by atoms with Crippen molar-refractivity contribution in [1.29, 1.82) is 0 Å². The fourth-order valence-corrected chi connectivity index (χ4v) is 2.02. The highest BCUT2D eigenvalue weighted by atomic mass is 16.5. The van der Waals surface area contributed by atoms with Crippen molar-refractivity contribution in [3.05, 3.63) is 48.2 Å². The van der Waals surface area contributed by atoms with Crippen molar-refractivity contribution >= 4 is 5.91 Å². The van der Waals surface area contributed by atoms with Gasteiger partial charge in [-0.15, -0.1) is 0 Å². The van der Waals surface area contributed by atoms with Crippen LogP contribution in [0.4, 0.5) is 0 Å². The second kappa shape index (κ2) is 8.48. The number of benzene rings is 1. The van der Waals surface area contributed by atoms with Crippen LogP contribution in [0.3, 0.4) is 0 Å². The molecule has 0 saturated carbocycles.